The summed E-state index contributed by atoms with van der Waals surface area (Å²) in [4.78, 5) is 2.11. The fourth-order valence-electron chi connectivity index (χ4n) is 3.64. The highest BCUT2D eigenvalue weighted by atomic mass is 127. The summed E-state index contributed by atoms with van der Waals surface area (Å²) in [6.07, 6.45) is 4.36. The van der Waals surface area contributed by atoms with E-state index in [-0.39, 0.29) is 24.0 Å². The van der Waals surface area contributed by atoms with E-state index in [0.717, 1.165) is 20.3 Å². The van der Waals surface area contributed by atoms with Gasteiger partial charge in [0.1, 0.15) is 7.05 Å². The molecule has 5 heteroatoms. The summed E-state index contributed by atoms with van der Waals surface area (Å²) < 4.78 is 4.40. The molecule has 3 aromatic carbocycles. The number of anilines is 1. The van der Waals surface area contributed by atoms with Crippen LogP contribution in [-0.4, -0.2) is 14.1 Å². The molecule has 0 unspecified atom stereocenters. The van der Waals surface area contributed by atoms with Crippen LogP contribution in [0.5, 0.6) is 0 Å². The van der Waals surface area contributed by atoms with Gasteiger partial charge in [-0.15, -0.1) is 0 Å². The average Bonchev–Trinajstić information content (AvgIpc) is 2.79. The van der Waals surface area contributed by atoms with Crippen LogP contribution in [0.4, 0.5) is 5.69 Å². The molecule has 0 bridgehead atoms. The summed E-state index contributed by atoms with van der Waals surface area (Å²) >= 11 is 7.16. The minimum absolute atomic E-state index is 0. The highest BCUT2D eigenvalue weighted by Crippen LogP contribution is 2.28. The second-order valence-electron chi connectivity index (χ2n) is 7.95. The maximum absolute atomic E-state index is 3.62. The van der Waals surface area contributed by atoms with Gasteiger partial charge in [0, 0.05) is 52.5 Å². The molecule has 0 amide bonds. The van der Waals surface area contributed by atoms with E-state index in [4.69, 9.17) is 0 Å². The minimum atomic E-state index is 0. The number of rotatable bonds is 5. The van der Waals surface area contributed by atoms with Gasteiger partial charge in [0.2, 0.25) is 11.4 Å². The van der Waals surface area contributed by atoms with Crippen molar-refractivity contribution in [2.24, 2.45) is 7.05 Å². The van der Waals surface area contributed by atoms with Crippen molar-refractivity contribution in [2.45, 2.75) is 0 Å². The summed E-state index contributed by atoms with van der Waals surface area (Å²) in [5.41, 5.74) is 8.22. The van der Waals surface area contributed by atoms with E-state index in [2.05, 4.69) is 160 Å². The van der Waals surface area contributed by atoms with Crippen LogP contribution < -0.4 is 33.4 Å². The highest BCUT2D eigenvalue weighted by molar-refractivity contribution is 9.10. The lowest BCUT2D eigenvalue weighted by Crippen LogP contribution is -3.00. The molecule has 0 aliphatic carbocycles. The molecule has 0 saturated carbocycles. The lowest BCUT2D eigenvalue weighted by Gasteiger charge is -2.11. The standard InChI is InChI=1S/C28H25Br2N2.HI/c1-31(2)26-14-7-20(8-15-26)9-16-27-18-23(21-10-12-24(29)13-11-21)19-28(32(27)3)22-5-4-6-25(30)17-22;/h4-19H,1-3H3;1H/q+1;/p-1. The number of benzene rings is 3. The normalized spacial score (nSPS) is 10.8. The van der Waals surface area contributed by atoms with Crippen LogP contribution in [0, 0.1) is 0 Å². The predicted molar refractivity (Wildman–Crippen MR) is 144 cm³/mol. The smallest absolute Gasteiger partial charge is 0.213 e. The van der Waals surface area contributed by atoms with E-state index < -0.39 is 0 Å². The van der Waals surface area contributed by atoms with Gasteiger partial charge in [-0.05, 0) is 65.2 Å². The Morgan fingerprint density at radius 3 is 2.03 bits per heavy atom. The first-order chi connectivity index (χ1) is 15.4. The third-order valence-electron chi connectivity index (χ3n) is 5.50. The van der Waals surface area contributed by atoms with Crippen LogP contribution >= 0.6 is 31.9 Å². The van der Waals surface area contributed by atoms with Gasteiger partial charge in [-0.3, -0.25) is 0 Å². The number of hydrogen-bond acceptors (Lipinski definition) is 1. The maximum atomic E-state index is 3.62. The zero-order valence-electron chi connectivity index (χ0n) is 18.8. The molecule has 33 heavy (non-hydrogen) atoms. The molecule has 4 aromatic rings. The van der Waals surface area contributed by atoms with Crippen molar-refractivity contribution >= 4 is 49.7 Å². The SMILES string of the molecule is CN(C)c1ccc(/C=C/c2cc(-c3ccc(Br)cc3)cc(-c3cccc(Br)c3)[n+]2C)cc1.[I-]. The first-order valence-corrected chi connectivity index (χ1v) is 12.0. The Balaban J connectivity index is 0.00000306. The van der Waals surface area contributed by atoms with E-state index in [1.807, 2.05) is 0 Å². The Kier molecular flexibility index (Phi) is 8.90. The van der Waals surface area contributed by atoms with E-state index >= 15 is 0 Å². The molecule has 0 aliphatic heterocycles. The molecule has 0 radical (unpaired) electrons. The van der Waals surface area contributed by atoms with Crippen molar-refractivity contribution in [3.63, 3.8) is 0 Å². The molecule has 168 valence electrons. The van der Waals surface area contributed by atoms with E-state index in [0.29, 0.717) is 0 Å². The van der Waals surface area contributed by atoms with Crippen molar-refractivity contribution in [3.05, 3.63) is 105 Å². The Bertz CT molecular complexity index is 1260. The molecule has 4 rings (SSSR count). The molecule has 0 atom stereocenters. The van der Waals surface area contributed by atoms with Crippen molar-refractivity contribution < 1.29 is 28.5 Å². The van der Waals surface area contributed by atoms with Gasteiger partial charge in [0.15, 0.2) is 0 Å². The Morgan fingerprint density at radius 1 is 0.697 bits per heavy atom. The largest absolute Gasteiger partial charge is 1.00 e. The molecular formula is C28H25Br2IN2. The summed E-state index contributed by atoms with van der Waals surface area (Å²) in [5.74, 6) is 0. The first-order valence-electron chi connectivity index (χ1n) is 10.4. The Hall–Kier alpha value is -1.96. The van der Waals surface area contributed by atoms with Crippen LogP contribution in [0.15, 0.2) is 93.9 Å². The van der Waals surface area contributed by atoms with Crippen LogP contribution in [-0.2, 0) is 7.05 Å². The summed E-state index contributed by atoms with van der Waals surface area (Å²) in [6.45, 7) is 0. The van der Waals surface area contributed by atoms with Crippen LogP contribution in [0.3, 0.4) is 0 Å². The second-order valence-corrected chi connectivity index (χ2v) is 9.78. The van der Waals surface area contributed by atoms with E-state index in [1.165, 1.54) is 27.9 Å². The fraction of sp³-hybridized carbons (Fsp3) is 0.107. The molecule has 0 aliphatic rings. The monoisotopic (exact) mass is 674 g/mol. The topological polar surface area (TPSA) is 7.12 Å². The van der Waals surface area contributed by atoms with Crippen LogP contribution in [0.1, 0.15) is 11.3 Å². The van der Waals surface area contributed by atoms with Crippen molar-refractivity contribution in [1.82, 2.24) is 0 Å². The summed E-state index contributed by atoms with van der Waals surface area (Å²) in [6, 6.07) is 30.0. The number of aromatic nitrogens is 1. The predicted octanol–water partition coefficient (Wildman–Crippen LogP) is 4.61. The van der Waals surface area contributed by atoms with Gasteiger partial charge in [-0.25, -0.2) is 0 Å². The van der Waals surface area contributed by atoms with E-state index in [1.54, 1.807) is 0 Å². The van der Waals surface area contributed by atoms with Crippen LogP contribution in [0.2, 0.25) is 0 Å². The lowest BCUT2D eigenvalue weighted by molar-refractivity contribution is -0.662. The number of pyridine rings is 1. The number of halogens is 3. The second kappa shape index (κ2) is 11.4. The quantitative estimate of drug-likeness (QED) is 0.222. The van der Waals surface area contributed by atoms with Gasteiger partial charge in [0.25, 0.3) is 0 Å². The van der Waals surface area contributed by atoms with Gasteiger partial charge >= 0.3 is 0 Å². The average molecular weight is 676 g/mol. The van der Waals surface area contributed by atoms with Crippen molar-refractivity contribution in [2.75, 3.05) is 19.0 Å². The third-order valence-corrected chi connectivity index (χ3v) is 6.52. The maximum Gasteiger partial charge on any atom is 0.213 e. The lowest BCUT2D eigenvalue weighted by atomic mass is 10.0. The van der Waals surface area contributed by atoms with Crippen LogP contribution in [0.25, 0.3) is 34.5 Å². The molecule has 0 spiro atoms. The third kappa shape index (κ3) is 6.34. The molecule has 0 fully saturated rings. The zero-order chi connectivity index (χ0) is 22.7. The molecule has 0 N–H and O–H groups in total. The molecule has 1 heterocycles. The molecule has 2 nitrogen and oxygen atoms in total. The summed E-state index contributed by atoms with van der Waals surface area (Å²) in [5, 5.41) is 0. The Labute approximate surface area is 230 Å². The minimum Gasteiger partial charge on any atom is -1.00 e. The van der Waals surface area contributed by atoms with E-state index in [9.17, 15) is 0 Å². The number of nitrogens with zero attached hydrogens (tertiary/aromatic N) is 2. The van der Waals surface area contributed by atoms with Crippen molar-refractivity contribution in [3.8, 4) is 22.4 Å². The fourth-order valence-corrected chi connectivity index (χ4v) is 4.30. The highest BCUT2D eigenvalue weighted by Gasteiger charge is 2.17. The Morgan fingerprint density at radius 2 is 1.39 bits per heavy atom. The van der Waals surface area contributed by atoms with Gasteiger partial charge in [0.05, 0.1) is 0 Å². The van der Waals surface area contributed by atoms with Crippen molar-refractivity contribution in [1.29, 1.82) is 0 Å². The van der Waals surface area contributed by atoms with Gasteiger partial charge < -0.3 is 28.9 Å². The molecule has 1 aromatic heterocycles. The molecule has 0 saturated heterocycles. The summed E-state index contributed by atoms with van der Waals surface area (Å²) in [7, 11) is 6.24. The van der Waals surface area contributed by atoms with Gasteiger partial charge in [-0.1, -0.05) is 62.2 Å². The first kappa shape index (κ1) is 25.7. The zero-order valence-corrected chi connectivity index (χ0v) is 24.1. The van der Waals surface area contributed by atoms with Gasteiger partial charge in [-0.2, -0.15) is 4.57 Å². The number of hydrogen-bond donors (Lipinski definition) is 0. The molecular weight excluding hydrogens is 651 g/mol.